The molecule has 2 aliphatic heterocycles. The van der Waals surface area contributed by atoms with Crippen molar-refractivity contribution in [1.82, 2.24) is 19.7 Å². The minimum atomic E-state index is 0.340. The number of aldehydes is 1. The second-order valence-electron chi connectivity index (χ2n) is 11.7. The Labute approximate surface area is 260 Å². The molecule has 0 bridgehead atoms. The van der Waals surface area contributed by atoms with E-state index in [4.69, 9.17) is 0 Å². The molecule has 1 unspecified atom stereocenters. The van der Waals surface area contributed by atoms with Crippen LogP contribution in [0.15, 0.2) is 72.8 Å². The molecule has 6 rings (SSSR count). The number of anilines is 1. The maximum absolute atomic E-state index is 11.3. The van der Waals surface area contributed by atoms with E-state index in [0.29, 0.717) is 18.3 Å². The molecule has 0 radical (unpaired) electrons. The molecule has 0 saturated carbocycles. The molecule has 0 saturated heterocycles. The monoisotopic (exact) mass is 593 g/mol. The molecule has 0 aliphatic carbocycles. The van der Waals surface area contributed by atoms with Crippen LogP contribution in [0.4, 0.5) is 5.69 Å². The van der Waals surface area contributed by atoms with E-state index in [2.05, 4.69) is 65.8 Å². The van der Waals surface area contributed by atoms with E-state index in [0.717, 1.165) is 83.9 Å². The Morgan fingerprint density at radius 3 is 2.23 bits per heavy atom. The van der Waals surface area contributed by atoms with Gasteiger partial charge in [0.15, 0.2) is 6.29 Å². The number of hydrogen-bond donors (Lipinski definition) is 2. The first kappa shape index (κ1) is 32.2. The van der Waals surface area contributed by atoms with E-state index in [1.165, 1.54) is 11.1 Å². The van der Waals surface area contributed by atoms with Gasteiger partial charge in [-0.2, -0.15) is 0 Å². The minimum Gasteiger partial charge on any atom is -0.388 e. The number of carbonyl (C=O) groups excluding carboxylic acids is 3. The number of nitrogens with one attached hydrogen (secondary N) is 2. The second kappa shape index (κ2) is 15.2. The smallest absolute Gasteiger partial charge is 0.210 e. The largest absolute Gasteiger partial charge is 0.388 e. The second-order valence-corrected chi connectivity index (χ2v) is 11.7. The zero-order valence-electron chi connectivity index (χ0n) is 26.3. The maximum atomic E-state index is 11.3. The van der Waals surface area contributed by atoms with Crippen molar-refractivity contribution in [2.45, 2.75) is 32.4 Å². The summed E-state index contributed by atoms with van der Waals surface area (Å²) < 4.78 is 0. The van der Waals surface area contributed by atoms with Crippen molar-refractivity contribution in [2.24, 2.45) is 0 Å². The lowest BCUT2D eigenvalue weighted by Gasteiger charge is -2.31. The van der Waals surface area contributed by atoms with Gasteiger partial charge in [0.2, 0.25) is 12.8 Å². The highest BCUT2D eigenvalue weighted by Gasteiger charge is 2.20. The lowest BCUT2D eigenvalue weighted by Crippen LogP contribution is -2.37. The molecule has 2 aliphatic rings. The average molecular weight is 594 g/mol. The summed E-state index contributed by atoms with van der Waals surface area (Å²) in [6.45, 7) is 4.21. The van der Waals surface area contributed by atoms with Crippen LogP contribution in [0.1, 0.15) is 40.5 Å². The van der Waals surface area contributed by atoms with Crippen LogP contribution in [0, 0.1) is 0 Å². The van der Waals surface area contributed by atoms with Crippen LogP contribution in [0.3, 0.4) is 0 Å². The molecule has 0 spiro atoms. The summed E-state index contributed by atoms with van der Waals surface area (Å²) in [5, 5.41) is 4.15. The summed E-state index contributed by atoms with van der Waals surface area (Å²) in [7, 11) is 7.89. The SMILES string of the molecule is CC1Cc2ccccc2CN1C=O.CN(C)C.CNc1ccc(-c2cc(C3=CCCN(C=O)C3)cc3[nH]c(C=O)cc23)cc1. The number of H-pyrrole nitrogens is 1. The number of rotatable bonds is 6. The fraction of sp³-hybridized carbons (Fsp3) is 0.306. The number of fused-ring (bicyclic) bond motifs is 2. The predicted octanol–water partition coefficient (Wildman–Crippen LogP) is 5.70. The molecule has 44 heavy (non-hydrogen) atoms. The number of aromatic amines is 1. The number of benzene rings is 3. The third-order valence-corrected chi connectivity index (χ3v) is 7.76. The highest BCUT2D eigenvalue weighted by atomic mass is 16.1. The number of aromatic nitrogens is 1. The first-order valence-corrected chi connectivity index (χ1v) is 14.9. The van der Waals surface area contributed by atoms with Crippen LogP contribution < -0.4 is 5.32 Å². The fourth-order valence-corrected chi connectivity index (χ4v) is 5.47. The number of hydrogen-bond acceptors (Lipinski definition) is 5. The Morgan fingerprint density at radius 1 is 0.886 bits per heavy atom. The normalized spacial score (nSPS) is 15.7. The molecule has 2 N–H and O–H groups in total. The third-order valence-electron chi connectivity index (χ3n) is 7.76. The van der Waals surface area contributed by atoms with Crippen LogP contribution >= 0.6 is 0 Å². The van der Waals surface area contributed by atoms with Crippen LogP contribution in [-0.4, -0.2) is 86.1 Å². The van der Waals surface area contributed by atoms with Crippen molar-refractivity contribution in [2.75, 3.05) is 46.6 Å². The molecule has 2 amide bonds. The van der Waals surface area contributed by atoms with Gasteiger partial charge in [-0.05, 0) is 105 Å². The molecule has 3 aromatic carbocycles. The van der Waals surface area contributed by atoms with Gasteiger partial charge in [0.25, 0.3) is 0 Å². The molecule has 1 aromatic heterocycles. The van der Waals surface area contributed by atoms with Crippen molar-refractivity contribution in [3.8, 4) is 11.1 Å². The molecule has 8 nitrogen and oxygen atoms in total. The summed E-state index contributed by atoms with van der Waals surface area (Å²) in [5.41, 5.74) is 9.55. The quantitative estimate of drug-likeness (QED) is 0.280. The number of carbonyl (C=O) groups is 3. The highest BCUT2D eigenvalue weighted by Crippen LogP contribution is 2.34. The van der Waals surface area contributed by atoms with Crippen molar-refractivity contribution >= 4 is 41.3 Å². The van der Waals surface area contributed by atoms with Gasteiger partial charge < -0.3 is 25.0 Å². The molecule has 4 aromatic rings. The van der Waals surface area contributed by atoms with Crippen LogP contribution in [0.2, 0.25) is 0 Å². The van der Waals surface area contributed by atoms with E-state index in [1.54, 1.807) is 4.90 Å². The van der Waals surface area contributed by atoms with E-state index >= 15 is 0 Å². The molecule has 3 heterocycles. The highest BCUT2D eigenvalue weighted by molar-refractivity contribution is 6.01. The summed E-state index contributed by atoms with van der Waals surface area (Å²) in [6.07, 6.45) is 6.71. The average Bonchev–Trinajstić information content (AvgIpc) is 3.48. The molecule has 1 atom stereocenters. The lowest BCUT2D eigenvalue weighted by atomic mass is 9.94. The van der Waals surface area contributed by atoms with Gasteiger partial charge in [0, 0.05) is 49.3 Å². The van der Waals surface area contributed by atoms with Gasteiger partial charge in [-0.3, -0.25) is 14.4 Å². The molecular formula is C36H43N5O3. The van der Waals surface area contributed by atoms with E-state index in [-0.39, 0.29) is 0 Å². The Morgan fingerprint density at radius 2 is 1.59 bits per heavy atom. The topological polar surface area (TPSA) is 88.8 Å². The first-order valence-electron chi connectivity index (χ1n) is 14.9. The van der Waals surface area contributed by atoms with E-state index < -0.39 is 0 Å². The van der Waals surface area contributed by atoms with Gasteiger partial charge >= 0.3 is 0 Å². The maximum Gasteiger partial charge on any atom is 0.210 e. The predicted molar refractivity (Wildman–Crippen MR) is 180 cm³/mol. The lowest BCUT2D eigenvalue weighted by molar-refractivity contribution is -0.121. The summed E-state index contributed by atoms with van der Waals surface area (Å²) >= 11 is 0. The van der Waals surface area contributed by atoms with Gasteiger partial charge in [0.05, 0.1) is 5.69 Å². The molecular weight excluding hydrogens is 550 g/mol. The number of amides is 2. The zero-order valence-corrected chi connectivity index (χ0v) is 26.3. The van der Waals surface area contributed by atoms with Crippen molar-refractivity contribution < 1.29 is 14.4 Å². The summed E-state index contributed by atoms with van der Waals surface area (Å²) in [6, 6.07) is 23.0. The van der Waals surface area contributed by atoms with E-state index in [9.17, 15) is 14.4 Å². The Bertz CT molecular complexity index is 1600. The Balaban J connectivity index is 0.000000215. The summed E-state index contributed by atoms with van der Waals surface area (Å²) in [4.78, 5) is 42.0. The van der Waals surface area contributed by atoms with E-state index in [1.807, 2.05) is 62.3 Å². The van der Waals surface area contributed by atoms with Gasteiger partial charge in [0.1, 0.15) is 0 Å². The Kier molecular flexibility index (Phi) is 11.1. The van der Waals surface area contributed by atoms with Crippen LogP contribution in [0.25, 0.3) is 27.6 Å². The molecule has 230 valence electrons. The fourth-order valence-electron chi connectivity index (χ4n) is 5.47. The zero-order chi connectivity index (χ0) is 31.6. The summed E-state index contributed by atoms with van der Waals surface area (Å²) in [5.74, 6) is 0. The third kappa shape index (κ3) is 8.02. The molecule has 8 heteroatoms. The standard InChI is InChI=1S/C22H21N3O2.C11H13NO.C3H9N/c1-23-18-6-4-15(5-7-18)20-9-17(16-3-2-8-25(12-16)14-27)10-22-21(20)11-19(13-26)24-22;1-9-6-10-4-2-3-5-11(10)7-12(9)8-13;1-4(2)3/h3-7,9-11,13-14,23-24H,2,8,12H2,1H3;2-5,8-9H,6-7H2,1H3;1-3H3. The van der Waals surface area contributed by atoms with Crippen LogP contribution in [0.5, 0.6) is 0 Å². The molecule has 0 fully saturated rings. The van der Waals surface area contributed by atoms with Gasteiger partial charge in [-0.1, -0.05) is 42.5 Å². The van der Waals surface area contributed by atoms with Crippen molar-refractivity contribution in [3.05, 3.63) is 95.2 Å². The van der Waals surface area contributed by atoms with Crippen molar-refractivity contribution in [3.63, 3.8) is 0 Å². The Hall–Kier alpha value is -4.69. The van der Waals surface area contributed by atoms with Crippen molar-refractivity contribution in [1.29, 1.82) is 0 Å². The first-order chi connectivity index (χ1) is 21.3. The number of nitrogens with zero attached hydrogens (tertiary/aromatic N) is 3. The minimum absolute atomic E-state index is 0.340. The van der Waals surface area contributed by atoms with Gasteiger partial charge in [-0.25, -0.2) is 0 Å². The van der Waals surface area contributed by atoms with Gasteiger partial charge in [-0.15, -0.1) is 0 Å². The van der Waals surface area contributed by atoms with Crippen LogP contribution in [-0.2, 0) is 22.6 Å².